The van der Waals surface area contributed by atoms with Gasteiger partial charge in [-0.05, 0) is 31.0 Å². The van der Waals surface area contributed by atoms with Gasteiger partial charge in [-0.3, -0.25) is 0 Å². The van der Waals surface area contributed by atoms with E-state index < -0.39 is 0 Å². The second-order valence-electron chi connectivity index (χ2n) is 5.34. The Hall–Kier alpha value is -2.59. The molecule has 0 bridgehead atoms. The second-order valence-corrected chi connectivity index (χ2v) is 5.34. The molecule has 0 fully saturated rings. The van der Waals surface area contributed by atoms with E-state index in [0.29, 0.717) is 6.54 Å². The van der Waals surface area contributed by atoms with Crippen LogP contribution in [-0.2, 0) is 13.0 Å². The summed E-state index contributed by atoms with van der Waals surface area (Å²) in [6, 6.07) is 18.0. The van der Waals surface area contributed by atoms with E-state index in [1.54, 1.807) is 7.11 Å². The fourth-order valence-electron chi connectivity index (χ4n) is 2.32. The quantitative estimate of drug-likeness (QED) is 0.774. The van der Waals surface area contributed by atoms with Crippen molar-refractivity contribution in [1.82, 2.24) is 5.16 Å². The fraction of sp³-hybridized carbons (Fsp3) is 0.250. The van der Waals surface area contributed by atoms with Gasteiger partial charge in [0, 0.05) is 17.7 Å². The number of aromatic nitrogens is 1. The van der Waals surface area contributed by atoms with Crippen LogP contribution in [0, 0.1) is 6.92 Å². The first kappa shape index (κ1) is 17.8. The first-order valence-electron chi connectivity index (χ1n) is 8.03. The lowest BCUT2D eigenvalue weighted by atomic mass is 10.1. The summed E-state index contributed by atoms with van der Waals surface area (Å²) < 4.78 is 10.1. The third-order valence-electron chi connectivity index (χ3n) is 3.80. The summed E-state index contributed by atoms with van der Waals surface area (Å²) in [5, 5.41) is 4.00. The number of hydrogen-bond donors (Lipinski definition) is 1. The number of nitrogens with zero attached hydrogens (tertiary/aromatic N) is 1. The lowest BCUT2D eigenvalue weighted by molar-refractivity contribution is 0.398. The highest BCUT2D eigenvalue weighted by molar-refractivity contribution is 5.63. The molecule has 3 rings (SSSR count). The molecule has 3 aromatic rings. The molecule has 0 aliphatic rings. The summed E-state index contributed by atoms with van der Waals surface area (Å²) in [7, 11) is 1.68. The summed E-state index contributed by atoms with van der Waals surface area (Å²) in [5.74, 6) is 1.73. The molecule has 0 atom stereocenters. The molecule has 2 N–H and O–H groups in total. The third kappa shape index (κ3) is 4.46. The number of benzene rings is 2. The fourth-order valence-corrected chi connectivity index (χ4v) is 2.32. The number of nitrogens with two attached hydrogens (primary N) is 1. The summed E-state index contributed by atoms with van der Waals surface area (Å²) in [5.41, 5.74) is 9.86. The maximum absolute atomic E-state index is 5.63. The van der Waals surface area contributed by atoms with Gasteiger partial charge in [-0.15, -0.1) is 0 Å². The molecule has 0 saturated heterocycles. The predicted molar refractivity (Wildman–Crippen MR) is 96.9 cm³/mol. The normalized spacial score (nSPS) is 10.0. The van der Waals surface area contributed by atoms with Gasteiger partial charge in [0.1, 0.15) is 17.2 Å². The van der Waals surface area contributed by atoms with E-state index in [9.17, 15) is 0 Å². The summed E-state index contributed by atoms with van der Waals surface area (Å²) in [6.45, 7) is 4.48. The Labute approximate surface area is 143 Å². The molecular formula is C20H24N2O2. The Balaban J connectivity index is 0.000000185. The van der Waals surface area contributed by atoms with Crippen molar-refractivity contribution in [2.75, 3.05) is 7.11 Å². The van der Waals surface area contributed by atoms with Gasteiger partial charge >= 0.3 is 0 Å². The Morgan fingerprint density at radius 1 is 1.04 bits per heavy atom. The number of hydrogen-bond acceptors (Lipinski definition) is 4. The molecule has 0 unspecified atom stereocenters. The Morgan fingerprint density at radius 3 is 2.25 bits per heavy atom. The highest BCUT2D eigenvalue weighted by Gasteiger charge is 2.11. The number of rotatable bonds is 4. The highest BCUT2D eigenvalue weighted by Crippen LogP contribution is 2.24. The molecule has 0 aliphatic carbocycles. The lowest BCUT2D eigenvalue weighted by Gasteiger charge is -1.99. The van der Waals surface area contributed by atoms with Gasteiger partial charge in [-0.25, -0.2) is 0 Å². The summed E-state index contributed by atoms with van der Waals surface area (Å²) in [6.07, 6.45) is 1.09. The molecule has 2 aromatic carbocycles. The first-order chi connectivity index (χ1) is 11.7. The van der Waals surface area contributed by atoms with Crippen LogP contribution in [0.4, 0.5) is 0 Å². The van der Waals surface area contributed by atoms with E-state index in [4.69, 9.17) is 15.0 Å². The largest absolute Gasteiger partial charge is 0.497 e. The van der Waals surface area contributed by atoms with E-state index in [2.05, 4.69) is 24.2 Å². The van der Waals surface area contributed by atoms with Crippen molar-refractivity contribution < 1.29 is 9.26 Å². The van der Waals surface area contributed by atoms with Crippen LogP contribution in [-0.4, -0.2) is 12.3 Å². The molecule has 126 valence electrons. The summed E-state index contributed by atoms with van der Waals surface area (Å²) >= 11 is 0. The van der Waals surface area contributed by atoms with Crippen LogP contribution in [0.25, 0.3) is 11.3 Å². The second kappa shape index (κ2) is 8.89. The van der Waals surface area contributed by atoms with E-state index in [1.165, 1.54) is 5.56 Å². The average molecular weight is 324 g/mol. The molecule has 0 spiro atoms. The van der Waals surface area contributed by atoms with Crippen LogP contribution < -0.4 is 10.5 Å². The molecule has 1 aromatic heterocycles. The minimum Gasteiger partial charge on any atom is -0.497 e. The van der Waals surface area contributed by atoms with Crippen LogP contribution in [0.15, 0.2) is 59.1 Å². The molecule has 4 heteroatoms. The van der Waals surface area contributed by atoms with Crippen molar-refractivity contribution in [3.8, 4) is 17.0 Å². The molecule has 0 aliphatic heterocycles. The average Bonchev–Trinajstić information content (AvgIpc) is 3.03. The van der Waals surface area contributed by atoms with Crippen LogP contribution in [0.1, 0.15) is 23.8 Å². The van der Waals surface area contributed by atoms with E-state index in [-0.39, 0.29) is 0 Å². The Bertz CT molecular complexity index is 711. The lowest BCUT2D eigenvalue weighted by Crippen LogP contribution is -1.98. The van der Waals surface area contributed by atoms with Crippen molar-refractivity contribution in [1.29, 1.82) is 0 Å². The minimum atomic E-state index is 0.458. The standard InChI is InChI=1S/C11H12N2O.C9H12O/c1-8-10(7-12)11(13-14-8)9-5-3-2-4-6-9;1-3-8-4-6-9(10-2)7-5-8/h2-6H,7,12H2,1H3;4-7H,3H2,1-2H3. The molecule has 24 heavy (non-hydrogen) atoms. The Kier molecular flexibility index (Phi) is 6.58. The maximum Gasteiger partial charge on any atom is 0.138 e. The van der Waals surface area contributed by atoms with Crippen molar-refractivity contribution in [3.05, 3.63) is 71.5 Å². The minimum absolute atomic E-state index is 0.458. The zero-order valence-corrected chi connectivity index (χ0v) is 14.5. The monoisotopic (exact) mass is 324 g/mol. The molecule has 1 heterocycles. The topological polar surface area (TPSA) is 61.3 Å². The first-order valence-corrected chi connectivity index (χ1v) is 8.03. The van der Waals surface area contributed by atoms with E-state index in [1.807, 2.05) is 49.4 Å². The van der Waals surface area contributed by atoms with Crippen molar-refractivity contribution in [2.24, 2.45) is 5.73 Å². The SMILES string of the molecule is CCc1ccc(OC)cc1.Cc1onc(-c2ccccc2)c1CN. The van der Waals surface area contributed by atoms with Crippen LogP contribution in [0.5, 0.6) is 5.75 Å². The molecule has 4 nitrogen and oxygen atoms in total. The Morgan fingerprint density at radius 2 is 1.71 bits per heavy atom. The smallest absolute Gasteiger partial charge is 0.138 e. The zero-order chi connectivity index (χ0) is 17.4. The third-order valence-corrected chi connectivity index (χ3v) is 3.80. The van der Waals surface area contributed by atoms with Crippen LogP contribution in [0.3, 0.4) is 0 Å². The van der Waals surface area contributed by atoms with Gasteiger partial charge in [-0.1, -0.05) is 54.5 Å². The highest BCUT2D eigenvalue weighted by atomic mass is 16.5. The van der Waals surface area contributed by atoms with E-state index in [0.717, 1.165) is 34.8 Å². The number of methoxy groups -OCH3 is 1. The predicted octanol–water partition coefficient (Wildman–Crippen LogP) is 4.37. The van der Waals surface area contributed by atoms with Crippen LogP contribution in [0.2, 0.25) is 0 Å². The molecular weight excluding hydrogens is 300 g/mol. The van der Waals surface area contributed by atoms with Gasteiger partial charge < -0.3 is 15.0 Å². The number of ether oxygens (including phenoxy) is 1. The van der Waals surface area contributed by atoms with Gasteiger partial charge in [-0.2, -0.15) is 0 Å². The molecule has 0 amide bonds. The maximum atomic E-state index is 5.63. The van der Waals surface area contributed by atoms with Crippen molar-refractivity contribution in [3.63, 3.8) is 0 Å². The van der Waals surface area contributed by atoms with Crippen molar-refractivity contribution in [2.45, 2.75) is 26.8 Å². The molecule has 0 saturated carbocycles. The van der Waals surface area contributed by atoms with Gasteiger partial charge in [0.15, 0.2) is 0 Å². The van der Waals surface area contributed by atoms with Gasteiger partial charge in [0.25, 0.3) is 0 Å². The number of aryl methyl sites for hydroxylation is 2. The van der Waals surface area contributed by atoms with Gasteiger partial charge in [0.05, 0.1) is 7.11 Å². The van der Waals surface area contributed by atoms with Gasteiger partial charge in [0.2, 0.25) is 0 Å². The van der Waals surface area contributed by atoms with E-state index >= 15 is 0 Å². The van der Waals surface area contributed by atoms with Crippen LogP contribution >= 0.6 is 0 Å². The zero-order valence-electron chi connectivity index (χ0n) is 14.5. The molecule has 0 radical (unpaired) electrons. The van der Waals surface area contributed by atoms with Crippen molar-refractivity contribution >= 4 is 0 Å². The summed E-state index contributed by atoms with van der Waals surface area (Å²) in [4.78, 5) is 0.